The van der Waals surface area contributed by atoms with Crippen LogP contribution in [-0.2, 0) is 4.79 Å². The zero-order valence-electron chi connectivity index (χ0n) is 11.0. The molecular weight excluding hydrogens is 222 g/mol. The third-order valence-electron chi connectivity index (χ3n) is 3.86. The summed E-state index contributed by atoms with van der Waals surface area (Å²) >= 11 is 0. The lowest BCUT2D eigenvalue weighted by Crippen LogP contribution is -2.26. The van der Waals surface area contributed by atoms with Crippen LogP contribution in [-0.4, -0.2) is 5.78 Å². The van der Waals surface area contributed by atoms with E-state index in [0.29, 0.717) is 5.92 Å². The molecule has 1 aliphatic carbocycles. The molecule has 2 heteroatoms. The lowest BCUT2D eigenvalue weighted by molar-refractivity contribution is -0.125. The maximum atomic E-state index is 12.2. The van der Waals surface area contributed by atoms with E-state index < -0.39 is 5.92 Å². The predicted molar refractivity (Wildman–Crippen MR) is 71.2 cm³/mol. The first kappa shape index (κ1) is 12.8. The van der Waals surface area contributed by atoms with E-state index in [2.05, 4.69) is 19.9 Å². The average Bonchev–Trinajstić information content (AvgIpc) is 2.28. The van der Waals surface area contributed by atoms with Gasteiger partial charge in [0.05, 0.1) is 6.07 Å². The van der Waals surface area contributed by atoms with Crippen molar-refractivity contribution in [1.29, 1.82) is 5.26 Å². The Hall–Kier alpha value is -1.62. The van der Waals surface area contributed by atoms with E-state index in [4.69, 9.17) is 0 Å². The van der Waals surface area contributed by atoms with Crippen molar-refractivity contribution in [2.45, 2.75) is 44.9 Å². The maximum Gasteiger partial charge on any atom is 0.157 e. The minimum atomic E-state index is -0.573. The molecule has 0 heterocycles. The zero-order valence-corrected chi connectivity index (χ0v) is 11.0. The molecule has 0 N–H and O–H groups in total. The van der Waals surface area contributed by atoms with Crippen LogP contribution >= 0.6 is 0 Å². The normalized spacial score (nSPS) is 17.0. The Bertz CT molecular complexity index is 463. The van der Waals surface area contributed by atoms with Crippen LogP contribution in [0.5, 0.6) is 0 Å². The third kappa shape index (κ3) is 2.46. The second-order valence-corrected chi connectivity index (χ2v) is 5.41. The average molecular weight is 241 g/mol. The van der Waals surface area contributed by atoms with Crippen LogP contribution in [0.2, 0.25) is 0 Å². The fourth-order valence-corrected chi connectivity index (χ4v) is 2.30. The summed E-state index contributed by atoms with van der Waals surface area (Å²) in [5.74, 6) is 0.138. The number of hydrogen-bond acceptors (Lipinski definition) is 2. The summed E-state index contributed by atoms with van der Waals surface area (Å²) in [6, 6.07) is 10.1. The molecule has 0 radical (unpaired) electrons. The summed E-state index contributed by atoms with van der Waals surface area (Å²) in [4.78, 5) is 12.2. The van der Waals surface area contributed by atoms with Gasteiger partial charge in [-0.25, -0.2) is 0 Å². The molecule has 1 atom stereocenters. The highest BCUT2D eigenvalue weighted by atomic mass is 16.1. The van der Waals surface area contributed by atoms with Crippen molar-refractivity contribution in [3.05, 3.63) is 35.4 Å². The van der Waals surface area contributed by atoms with Crippen LogP contribution in [0.25, 0.3) is 0 Å². The second kappa shape index (κ2) is 5.35. The second-order valence-electron chi connectivity index (χ2n) is 5.41. The summed E-state index contributed by atoms with van der Waals surface area (Å²) in [5, 5.41) is 9.23. The van der Waals surface area contributed by atoms with Gasteiger partial charge in [0.2, 0.25) is 0 Å². The van der Waals surface area contributed by atoms with Crippen LogP contribution in [0.1, 0.15) is 56.1 Å². The van der Waals surface area contributed by atoms with Gasteiger partial charge in [-0.1, -0.05) is 44.5 Å². The molecule has 1 unspecified atom stereocenters. The predicted octanol–water partition coefficient (Wildman–Crippen LogP) is 3.79. The van der Waals surface area contributed by atoms with Crippen molar-refractivity contribution in [1.82, 2.24) is 0 Å². The molecule has 0 saturated heterocycles. The first-order chi connectivity index (χ1) is 8.63. The first-order valence-corrected chi connectivity index (χ1v) is 6.66. The molecule has 2 nitrogen and oxygen atoms in total. The molecular formula is C16H19NO. The fraction of sp³-hybridized carbons (Fsp3) is 0.500. The SMILES string of the molecule is CC(C)c1ccc(C(C#N)C(=O)C2CCC2)cc1. The van der Waals surface area contributed by atoms with Gasteiger partial charge in [-0.05, 0) is 29.9 Å². The molecule has 1 aliphatic rings. The van der Waals surface area contributed by atoms with E-state index in [1.54, 1.807) is 0 Å². The quantitative estimate of drug-likeness (QED) is 0.804. The number of carbonyl (C=O) groups excluding carboxylic acids is 1. The van der Waals surface area contributed by atoms with E-state index >= 15 is 0 Å². The van der Waals surface area contributed by atoms with E-state index in [1.807, 2.05) is 24.3 Å². The Morgan fingerprint density at radius 1 is 1.22 bits per heavy atom. The summed E-state index contributed by atoms with van der Waals surface area (Å²) < 4.78 is 0. The summed E-state index contributed by atoms with van der Waals surface area (Å²) in [5.41, 5.74) is 2.09. The standard InChI is InChI=1S/C16H19NO/c1-11(2)12-6-8-13(9-7-12)15(10-17)16(18)14-4-3-5-14/h6-9,11,14-15H,3-5H2,1-2H3. The van der Waals surface area contributed by atoms with Gasteiger partial charge in [0.1, 0.15) is 5.92 Å². The number of nitriles is 1. The van der Waals surface area contributed by atoms with Crippen molar-refractivity contribution in [3.8, 4) is 6.07 Å². The molecule has 1 aromatic carbocycles. The Morgan fingerprint density at radius 3 is 2.17 bits per heavy atom. The number of hydrogen-bond donors (Lipinski definition) is 0. The first-order valence-electron chi connectivity index (χ1n) is 6.66. The smallest absolute Gasteiger partial charge is 0.157 e. The molecule has 0 spiro atoms. The van der Waals surface area contributed by atoms with E-state index in [9.17, 15) is 10.1 Å². The van der Waals surface area contributed by atoms with Crippen molar-refractivity contribution >= 4 is 5.78 Å². The molecule has 0 aliphatic heterocycles. The Labute approximate surface area is 109 Å². The molecule has 1 saturated carbocycles. The van der Waals surface area contributed by atoms with Crippen LogP contribution in [0.4, 0.5) is 0 Å². The highest BCUT2D eigenvalue weighted by Crippen LogP contribution is 2.33. The summed E-state index contributed by atoms with van der Waals surface area (Å²) in [7, 11) is 0. The minimum Gasteiger partial charge on any atom is -0.298 e. The molecule has 0 bridgehead atoms. The van der Waals surface area contributed by atoms with Gasteiger partial charge in [-0.2, -0.15) is 5.26 Å². The van der Waals surface area contributed by atoms with Gasteiger partial charge < -0.3 is 0 Å². The van der Waals surface area contributed by atoms with Crippen molar-refractivity contribution in [2.75, 3.05) is 0 Å². The molecule has 0 amide bonds. The Kier molecular flexibility index (Phi) is 3.81. The number of carbonyl (C=O) groups is 1. The highest BCUT2D eigenvalue weighted by molar-refractivity contribution is 5.90. The highest BCUT2D eigenvalue weighted by Gasteiger charge is 2.32. The number of ketones is 1. The molecule has 94 valence electrons. The van der Waals surface area contributed by atoms with E-state index in [-0.39, 0.29) is 11.7 Å². The van der Waals surface area contributed by atoms with Crippen LogP contribution in [0, 0.1) is 17.2 Å². The van der Waals surface area contributed by atoms with Crippen LogP contribution < -0.4 is 0 Å². The lowest BCUT2D eigenvalue weighted by Gasteiger charge is -2.25. The topological polar surface area (TPSA) is 40.9 Å². The largest absolute Gasteiger partial charge is 0.298 e. The molecule has 1 fully saturated rings. The van der Waals surface area contributed by atoms with E-state index in [0.717, 1.165) is 24.8 Å². The number of nitrogens with zero attached hydrogens (tertiary/aromatic N) is 1. The molecule has 2 rings (SSSR count). The van der Waals surface area contributed by atoms with Gasteiger partial charge in [0.15, 0.2) is 5.78 Å². The van der Waals surface area contributed by atoms with Crippen LogP contribution in [0.3, 0.4) is 0 Å². The van der Waals surface area contributed by atoms with Gasteiger partial charge in [0, 0.05) is 5.92 Å². The zero-order chi connectivity index (χ0) is 13.1. The van der Waals surface area contributed by atoms with Crippen molar-refractivity contribution < 1.29 is 4.79 Å². The summed E-state index contributed by atoms with van der Waals surface area (Å²) in [6.45, 7) is 4.27. The monoisotopic (exact) mass is 241 g/mol. The van der Waals surface area contributed by atoms with Gasteiger partial charge >= 0.3 is 0 Å². The summed E-state index contributed by atoms with van der Waals surface area (Å²) in [6.07, 6.45) is 3.04. The van der Waals surface area contributed by atoms with Crippen LogP contribution in [0.15, 0.2) is 24.3 Å². The third-order valence-corrected chi connectivity index (χ3v) is 3.86. The van der Waals surface area contributed by atoms with Gasteiger partial charge in [-0.15, -0.1) is 0 Å². The fourth-order valence-electron chi connectivity index (χ4n) is 2.30. The number of benzene rings is 1. The minimum absolute atomic E-state index is 0.112. The van der Waals surface area contributed by atoms with E-state index in [1.165, 1.54) is 5.56 Å². The Balaban J connectivity index is 2.17. The Morgan fingerprint density at radius 2 is 1.78 bits per heavy atom. The molecule has 1 aromatic rings. The molecule has 18 heavy (non-hydrogen) atoms. The van der Waals surface area contributed by atoms with Gasteiger partial charge in [0.25, 0.3) is 0 Å². The van der Waals surface area contributed by atoms with Gasteiger partial charge in [-0.3, -0.25) is 4.79 Å². The molecule has 0 aromatic heterocycles. The number of Topliss-reactive ketones (excluding diaryl/α,β-unsaturated/α-hetero) is 1. The number of rotatable bonds is 4. The maximum absolute atomic E-state index is 12.2. The lowest BCUT2D eigenvalue weighted by atomic mass is 9.76. The van der Waals surface area contributed by atoms with Crippen molar-refractivity contribution in [3.63, 3.8) is 0 Å². The van der Waals surface area contributed by atoms with Crippen molar-refractivity contribution in [2.24, 2.45) is 5.92 Å².